The van der Waals surface area contributed by atoms with Gasteiger partial charge < -0.3 is 20.6 Å². The Balaban J connectivity index is 1.58. The minimum atomic E-state index is -4.79. The number of alkyl halides is 3. The van der Waals surface area contributed by atoms with E-state index in [1.807, 2.05) is 0 Å². The lowest BCUT2D eigenvalue weighted by molar-refractivity contribution is -0.141. The molecular formula is C19H22F3N5O3. The molecule has 0 atom stereocenters. The van der Waals surface area contributed by atoms with Gasteiger partial charge >= 0.3 is 12.2 Å². The minimum Gasteiger partial charge on any atom is -0.393 e. The molecule has 0 saturated carbocycles. The van der Waals surface area contributed by atoms with Gasteiger partial charge in [0.25, 0.3) is 5.91 Å². The number of carbonyl (C=O) groups is 2. The molecule has 8 nitrogen and oxygen atoms in total. The number of aromatic nitrogens is 2. The number of halogens is 3. The number of aliphatic hydroxyl groups excluding tert-OH is 1. The third-order valence-electron chi connectivity index (χ3n) is 4.69. The monoisotopic (exact) mass is 425 g/mol. The van der Waals surface area contributed by atoms with Gasteiger partial charge in [-0.25, -0.2) is 9.48 Å². The Morgan fingerprint density at radius 1 is 1.10 bits per heavy atom. The van der Waals surface area contributed by atoms with Gasteiger partial charge in [0.1, 0.15) is 0 Å². The van der Waals surface area contributed by atoms with E-state index in [1.165, 1.54) is 0 Å². The quantitative estimate of drug-likeness (QED) is 0.636. The Kier molecular flexibility index (Phi) is 6.60. The summed E-state index contributed by atoms with van der Waals surface area (Å²) in [6.07, 6.45) is -3.18. The first-order valence-electron chi connectivity index (χ1n) is 9.47. The number of likely N-dealkylation sites (tertiary alicyclic amines) is 1. The van der Waals surface area contributed by atoms with Crippen molar-refractivity contribution >= 4 is 11.9 Å². The standard InChI is InChI=1S/C19H22F3N5O3/c20-19(21,22)16-15(12-27(25-16)13-4-2-1-3-5-13)17(29)23-8-9-24-18(30)26-10-6-14(28)7-11-26/h1-5,12,14,28H,6-11H2,(H,23,29)(H,24,30). The second-order valence-electron chi connectivity index (χ2n) is 6.88. The van der Waals surface area contributed by atoms with Crippen LogP contribution >= 0.6 is 0 Å². The molecule has 0 bridgehead atoms. The number of nitrogens with zero attached hydrogens (tertiary/aromatic N) is 3. The van der Waals surface area contributed by atoms with E-state index < -0.39 is 29.4 Å². The fourth-order valence-electron chi connectivity index (χ4n) is 3.08. The topological polar surface area (TPSA) is 99.5 Å². The average Bonchev–Trinajstić information content (AvgIpc) is 3.18. The number of amides is 3. The number of urea groups is 1. The summed E-state index contributed by atoms with van der Waals surface area (Å²) in [4.78, 5) is 25.9. The summed E-state index contributed by atoms with van der Waals surface area (Å²) in [5.74, 6) is -0.931. The largest absolute Gasteiger partial charge is 0.435 e. The first kappa shape index (κ1) is 21.6. The Morgan fingerprint density at radius 2 is 1.73 bits per heavy atom. The lowest BCUT2D eigenvalue weighted by atomic mass is 10.1. The lowest BCUT2D eigenvalue weighted by Gasteiger charge is -2.29. The summed E-state index contributed by atoms with van der Waals surface area (Å²) in [7, 11) is 0. The van der Waals surface area contributed by atoms with E-state index in [1.54, 1.807) is 35.2 Å². The fourth-order valence-corrected chi connectivity index (χ4v) is 3.08. The van der Waals surface area contributed by atoms with Crippen molar-refractivity contribution in [3.63, 3.8) is 0 Å². The minimum absolute atomic E-state index is 0.0468. The second-order valence-corrected chi connectivity index (χ2v) is 6.88. The van der Waals surface area contributed by atoms with Crippen molar-refractivity contribution in [2.24, 2.45) is 0 Å². The molecule has 30 heavy (non-hydrogen) atoms. The molecule has 1 aromatic carbocycles. The SMILES string of the molecule is O=C(NCCNC(=O)N1CCC(O)CC1)c1cn(-c2ccccc2)nc1C(F)(F)F. The molecule has 1 fully saturated rings. The maximum atomic E-state index is 13.3. The molecule has 2 aromatic rings. The molecule has 0 spiro atoms. The molecule has 3 N–H and O–H groups in total. The summed E-state index contributed by atoms with van der Waals surface area (Å²) in [6, 6.07) is 7.81. The number of nitrogens with one attached hydrogen (secondary N) is 2. The zero-order chi connectivity index (χ0) is 21.7. The van der Waals surface area contributed by atoms with E-state index in [0.29, 0.717) is 31.6 Å². The zero-order valence-corrected chi connectivity index (χ0v) is 16.0. The molecule has 1 aromatic heterocycles. The molecule has 1 aliphatic rings. The normalized spacial score (nSPS) is 15.1. The van der Waals surface area contributed by atoms with E-state index in [-0.39, 0.29) is 19.1 Å². The zero-order valence-electron chi connectivity index (χ0n) is 16.0. The summed E-state index contributed by atoms with van der Waals surface area (Å²) < 4.78 is 41.0. The predicted molar refractivity (Wildman–Crippen MR) is 101 cm³/mol. The smallest absolute Gasteiger partial charge is 0.393 e. The van der Waals surface area contributed by atoms with E-state index in [4.69, 9.17) is 0 Å². The highest BCUT2D eigenvalue weighted by Crippen LogP contribution is 2.31. The van der Waals surface area contributed by atoms with Crippen LogP contribution in [0.15, 0.2) is 36.5 Å². The van der Waals surface area contributed by atoms with Crippen LogP contribution in [0.3, 0.4) is 0 Å². The van der Waals surface area contributed by atoms with Crippen LogP contribution in [-0.2, 0) is 6.18 Å². The maximum absolute atomic E-state index is 13.3. The Labute approximate surface area is 170 Å². The van der Waals surface area contributed by atoms with Crippen LogP contribution in [0.1, 0.15) is 28.9 Å². The number of carbonyl (C=O) groups excluding carboxylic acids is 2. The van der Waals surface area contributed by atoms with E-state index >= 15 is 0 Å². The molecule has 162 valence electrons. The van der Waals surface area contributed by atoms with Crippen LogP contribution in [0.25, 0.3) is 5.69 Å². The number of aliphatic hydroxyl groups is 1. The van der Waals surface area contributed by atoms with Gasteiger partial charge in [-0.3, -0.25) is 4.79 Å². The number of hydrogen-bond acceptors (Lipinski definition) is 4. The van der Waals surface area contributed by atoms with Crippen molar-refractivity contribution in [1.29, 1.82) is 0 Å². The van der Waals surface area contributed by atoms with Gasteiger partial charge in [-0.15, -0.1) is 0 Å². The average molecular weight is 425 g/mol. The van der Waals surface area contributed by atoms with Crippen molar-refractivity contribution in [3.05, 3.63) is 47.8 Å². The Hall–Kier alpha value is -3.08. The first-order chi connectivity index (χ1) is 14.3. The van der Waals surface area contributed by atoms with Crippen molar-refractivity contribution in [2.75, 3.05) is 26.2 Å². The number of hydrogen-bond donors (Lipinski definition) is 3. The highest BCUT2D eigenvalue weighted by molar-refractivity contribution is 5.95. The van der Waals surface area contributed by atoms with Gasteiger partial charge in [0.05, 0.1) is 17.4 Å². The van der Waals surface area contributed by atoms with Crippen LogP contribution in [0.4, 0.5) is 18.0 Å². The van der Waals surface area contributed by atoms with Crippen molar-refractivity contribution in [1.82, 2.24) is 25.3 Å². The van der Waals surface area contributed by atoms with Gasteiger partial charge in [-0.05, 0) is 25.0 Å². The Morgan fingerprint density at radius 3 is 2.37 bits per heavy atom. The fraction of sp³-hybridized carbons (Fsp3) is 0.421. The first-order valence-corrected chi connectivity index (χ1v) is 9.47. The highest BCUT2D eigenvalue weighted by atomic mass is 19.4. The van der Waals surface area contributed by atoms with Crippen LogP contribution in [0, 0.1) is 0 Å². The van der Waals surface area contributed by atoms with Crippen LogP contribution in [-0.4, -0.2) is 64.0 Å². The number of para-hydroxylation sites is 1. The highest BCUT2D eigenvalue weighted by Gasteiger charge is 2.39. The van der Waals surface area contributed by atoms with E-state index in [0.717, 1.165) is 10.9 Å². The summed E-state index contributed by atoms with van der Waals surface area (Å²) in [5, 5.41) is 18.0. The second kappa shape index (κ2) is 9.16. The summed E-state index contributed by atoms with van der Waals surface area (Å²) in [5.41, 5.74) is -1.48. The molecule has 2 heterocycles. The maximum Gasteiger partial charge on any atom is 0.435 e. The third-order valence-corrected chi connectivity index (χ3v) is 4.69. The number of piperidine rings is 1. The predicted octanol–water partition coefficient (Wildman–Crippen LogP) is 1.79. The van der Waals surface area contributed by atoms with Crippen molar-refractivity contribution in [2.45, 2.75) is 25.1 Å². The van der Waals surface area contributed by atoms with Gasteiger partial charge in [-0.2, -0.15) is 18.3 Å². The molecule has 1 aliphatic heterocycles. The van der Waals surface area contributed by atoms with Gasteiger partial charge in [0, 0.05) is 32.4 Å². The lowest BCUT2D eigenvalue weighted by Crippen LogP contribution is -2.47. The van der Waals surface area contributed by atoms with Gasteiger partial charge in [0.15, 0.2) is 5.69 Å². The molecule has 0 unspecified atom stereocenters. The van der Waals surface area contributed by atoms with Gasteiger partial charge in [-0.1, -0.05) is 18.2 Å². The van der Waals surface area contributed by atoms with Crippen molar-refractivity contribution in [3.8, 4) is 5.69 Å². The summed E-state index contributed by atoms with van der Waals surface area (Å²) >= 11 is 0. The molecular weight excluding hydrogens is 403 g/mol. The molecule has 3 rings (SSSR count). The number of rotatable bonds is 5. The molecule has 0 radical (unpaired) electrons. The van der Waals surface area contributed by atoms with Crippen molar-refractivity contribution < 1.29 is 27.9 Å². The molecule has 11 heteroatoms. The third kappa shape index (κ3) is 5.29. The number of benzene rings is 1. The summed E-state index contributed by atoms with van der Waals surface area (Å²) in [6.45, 7) is 0.854. The Bertz CT molecular complexity index is 877. The van der Waals surface area contributed by atoms with Crippen LogP contribution in [0.2, 0.25) is 0 Å². The van der Waals surface area contributed by atoms with Crippen LogP contribution < -0.4 is 10.6 Å². The van der Waals surface area contributed by atoms with Gasteiger partial charge in [0.2, 0.25) is 0 Å². The van der Waals surface area contributed by atoms with E-state index in [2.05, 4.69) is 15.7 Å². The molecule has 0 aliphatic carbocycles. The van der Waals surface area contributed by atoms with E-state index in [9.17, 15) is 27.9 Å². The molecule has 1 saturated heterocycles. The molecule has 3 amide bonds. The van der Waals surface area contributed by atoms with Crippen LogP contribution in [0.5, 0.6) is 0 Å².